The van der Waals surface area contributed by atoms with Crippen LogP contribution in [0.4, 0.5) is 10.1 Å². The number of amides is 1. The highest BCUT2D eigenvalue weighted by molar-refractivity contribution is 5.98. The van der Waals surface area contributed by atoms with E-state index in [4.69, 9.17) is 4.74 Å². The van der Waals surface area contributed by atoms with Gasteiger partial charge in [-0.15, -0.1) is 0 Å². The minimum absolute atomic E-state index is 0.0246. The Morgan fingerprint density at radius 3 is 2.38 bits per heavy atom. The number of benzene rings is 2. The second-order valence-corrected chi connectivity index (χ2v) is 5.04. The van der Waals surface area contributed by atoms with Gasteiger partial charge in [0.25, 0.3) is 5.91 Å². The van der Waals surface area contributed by atoms with Crippen LogP contribution in [0.5, 0.6) is 11.5 Å². The van der Waals surface area contributed by atoms with Crippen LogP contribution in [0.25, 0.3) is 0 Å². The van der Waals surface area contributed by atoms with E-state index in [1.807, 2.05) is 0 Å². The molecule has 5 heteroatoms. The molecule has 0 aliphatic heterocycles. The van der Waals surface area contributed by atoms with Crippen molar-refractivity contribution in [1.29, 1.82) is 0 Å². The van der Waals surface area contributed by atoms with Gasteiger partial charge in [0.15, 0.2) is 5.60 Å². The molecule has 0 aliphatic carbocycles. The minimum atomic E-state index is -1.18. The zero-order valence-electron chi connectivity index (χ0n) is 11.8. The summed E-state index contributed by atoms with van der Waals surface area (Å²) >= 11 is 0. The van der Waals surface area contributed by atoms with Gasteiger partial charge in [0.05, 0.1) is 5.69 Å². The minimum Gasteiger partial charge on any atom is -0.506 e. The monoisotopic (exact) mass is 289 g/mol. The van der Waals surface area contributed by atoms with E-state index >= 15 is 0 Å². The van der Waals surface area contributed by atoms with Gasteiger partial charge in [-0.2, -0.15) is 0 Å². The number of hydrogen-bond donors (Lipinski definition) is 2. The molecule has 1 amide bonds. The molecular weight excluding hydrogens is 273 g/mol. The van der Waals surface area contributed by atoms with Crippen LogP contribution < -0.4 is 10.1 Å². The second kappa shape index (κ2) is 5.83. The molecule has 0 fully saturated rings. The molecule has 0 spiro atoms. The van der Waals surface area contributed by atoms with Crippen molar-refractivity contribution in [2.24, 2.45) is 0 Å². The number of nitrogens with one attached hydrogen (secondary N) is 1. The number of rotatable bonds is 4. The molecule has 0 heterocycles. The predicted molar refractivity (Wildman–Crippen MR) is 77.8 cm³/mol. The topological polar surface area (TPSA) is 58.6 Å². The van der Waals surface area contributed by atoms with Crippen molar-refractivity contribution in [1.82, 2.24) is 0 Å². The first-order valence-corrected chi connectivity index (χ1v) is 6.42. The number of carbonyl (C=O) groups is 1. The van der Waals surface area contributed by atoms with Gasteiger partial charge >= 0.3 is 0 Å². The maximum Gasteiger partial charge on any atom is 0.268 e. The molecular formula is C16H16FNO3. The van der Waals surface area contributed by atoms with Crippen LogP contribution in [-0.4, -0.2) is 16.6 Å². The molecule has 2 aromatic carbocycles. The zero-order valence-corrected chi connectivity index (χ0v) is 11.8. The molecule has 2 aromatic rings. The normalized spacial score (nSPS) is 11.0. The molecule has 2 rings (SSSR count). The highest BCUT2D eigenvalue weighted by Crippen LogP contribution is 2.24. The zero-order chi connectivity index (χ0) is 15.5. The molecule has 110 valence electrons. The van der Waals surface area contributed by atoms with Gasteiger partial charge in [-0.1, -0.05) is 12.1 Å². The molecule has 0 unspecified atom stereocenters. The van der Waals surface area contributed by atoms with Gasteiger partial charge < -0.3 is 15.2 Å². The Bertz CT molecular complexity index is 638. The molecule has 2 N–H and O–H groups in total. The molecule has 0 atom stereocenters. The summed E-state index contributed by atoms with van der Waals surface area (Å²) in [6.07, 6.45) is 0. The fourth-order valence-electron chi connectivity index (χ4n) is 1.70. The molecule has 21 heavy (non-hydrogen) atoms. The quantitative estimate of drug-likeness (QED) is 0.849. The van der Waals surface area contributed by atoms with Gasteiger partial charge in [0, 0.05) is 0 Å². The summed E-state index contributed by atoms with van der Waals surface area (Å²) in [5, 5.41) is 12.2. The first-order chi connectivity index (χ1) is 9.88. The van der Waals surface area contributed by atoms with E-state index in [1.54, 1.807) is 32.0 Å². The van der Waals surface area contributed by atoms with Crippen LogP contribution in [0.15, 0.2) is 48.5 Å². The lowest BCUT2D eigenvalue weighted by molar-refractivity contribution is -0.128. The van der Waals surface area contributed by atoms with Crippen LogP contribution in [-0.2, 0) is 4.79 Å². The van der Waals surface area contributed by atoms with E-state index in [2.05, 4.69) is 5.32 Å². The molecule has 0 saturated heterocycles. The number of phenols is 1. The lowest BCUT2D eigenvalue weighted by Crippen LogP contribution is -2.42. The van der Waals surface area contributed by atoms with Crippen LogP contribution in [0.3, 0.4) is 0 Å². The smallest absolute Gasteiger partial charge is 0.268 e. The fraction of sp³-hybridized carbons (Fsp3) is 0.188. The van der Waals surface area contributed by atoms with Crippen molar-refractivity contribution in [3.8, 4) is 11.5 Å². The lowest BCUT2D eigenvalue weighted by Gasteiger charge is -2.25. The highest BCUT2D eigenvalue weighted by Gasteiger charge is 2.30. The number of ether oxygens (including phenoxy) is 1. The van der Waals surface area contributed by atoms with Crippen LogP contribution in [0.2, 0.25) is 0 Å². The van der Waals surface area contributed by atoms with E-state index in [9.17, 15) is 14.3 Å². The molecule has 0 bridgehead atoms. The van der Waals surface area contributed by atoms with Crippen molar-refractivity contribution in [2.45, 2.75) is 19.4 Å². The third kappa shape index (κ3) is 3.72. The number of phenolic OH excluding ortho intramolecular Hbond substituents is 1. The van der Waals surface area contributed by atoms with E-state index < -0.39 is 11.5 Å². The maximum absolute atomic E-state index is 12.8. The van der Waals surface area contributed by atoms with Gasteiger partial charge in [0.1, 0.15) is 17.3 Å². The number of para-hydroxylation sites is 2. The summed E-state index contributed by atoms with van der Waals surface area (Å²) in [5.74, 6) is -0.440. The summed E-state index contributed by atoms with van der Waals surface area (Å²) < 4.78 is 18.4. The predicted octanol–water partition coefficient (Wildman–Crippen LogP) is 3.33. The van der Waals surface area contributed by atoms with Crippen molar-refractivity contribution in [2.75, 3.05) is 5.32 Å². The standard InChI is InChI=1S/C16H16FNO3/c1-16(2,21-12-9-7-11(17)8-10-12)15(20)18-13-5-3-4-6-14(13)19/h3-10,19H,1-2H3,(H,18,20). The van der Waals surface area contributed by atoms with Crippen LogP contribution in [0, 0.1) is 5.82 Å². The maximum atomic E-state index is 12.8. The highest BCUT2D eigenvalue weighted by atomic mass is 19.1. The van der Waals surface area contributed by atoms with Crippen molar-refractivity contribution < 1.29 is 19.0 Å². The average Bonchev–Trinajstić information content (AvgIpc) is 2.43. The Balaban J connectivity index is 2.10. The van der Waals surface area contributed by atoms with Crippen molar-refractivity contribution in [3.05, 3.63) is 54.3 Å². The summed E-state index contributed by atoms with van der Waals surface area (Å²) in [4.78, 5) is 12.2. The van der Waals surface area contributed by atoms with Gasteiger partial charge in [-0.25, -0.2) is 4.39 Å². The lowest BCUT2D eigenvalue weighted by atomic mass is 10.1. The molecule has 0 saturated carbocycles. The summed E-state index contributed by atoms with van der Waals surface area (Å²) in [5.41, 5.74) is -0.876. The fourth-order valence-corrected chi connectivity index (χ4v) is 1.70. The second-order valence-electron chi connectivity index (χ2n) is 5.04. The van der Waals surface area contributed by atoms with E-state index in [1.165, 1.54) is 30.3 Å². The first kappa shape index (κ1) is 14.8. The average molecular weight is 289 g/mol. The number of anilines is 1. The first-order valence-electron chi connectivity index (χ1n) is 6.42. The third-order valence-corrected chi connectivity index (χ3v) is 2.89. The Hall–Kier alpha value is -2.56. The number of halogens is 1. The van der Waals surface area contributed by atoms with Crippen LogP contribution >= 0.6 is 0 Å². The largest absolute Gasteiger partial charge is 0.506 e. The Kier molecular flexibility index (Phi) is 4.12. The molecule has 0 radical (unpaired) electrons. The summed E-state index contributed by atoms with van der Waals surface area (Å²) in [6.45, 7) is 3.18. The molecule has 0 aromatic heterocycles. The van der Waals surface area contributed by atoms with Crippen molar-refractivity contribution in [3.63, 3.8) is 0 Å². The van der Waals surface area contributed by atoms with Crippen LogP contribution in [0.1, 0.15) is 13.8 Å². The molecule has 4 nitrogen and oxygen atoms in total. The number of carbonyl (C=O) groups excluding carboxylic acids is 1. The number of aromatic hydroxyl groups is 1. The summed E-state index contributed by atoms with van der Waals surface area (Å²) in [6, 6.07) is 11.8. The Morgan fingerprint density at radius 2 is 1.76 bits per heavy atom. The third-order valence-electron chi connectivity index (χ3n) is 2.89. The number of hydrogen-bond acceptors (Lipinski definition) is 3. The van der Waals surface area contributed by atoms with E-state index in [0.29, 0.717) is 11.4 Å². The van der Waals surface area contributed by atoms with Gasteiger partial charge in [-0.05, 0) is 50.2 Å². The van der Waals surface area contributed by atoms with E-state index in [0.717, 1.165) is 0 Å². The Morgan fingerprint density at radius 1 is 1.14 bits per heavy atom. The molecule has 0 aliphatic rings. The summed E-state index contributed by atoms with van der Waals surface area (Å²) in [7, 11) is 0. The van der Waals surface area contributed by atoms with Gasteiger partial charge in [0.2, 0.25) is 0 Å². The van der Waals surface area contributed by atoms with Crippen molar-refractivity contribution >= 4 is 11.6 Å². The van der Waals surface area contributed by atoms with E-state index in [-0.39, 0.29) is 11.6 Å². The SMILES string of the molecule is CC(C)(Oc1ccc(F)cc1)C(=O)Nc1ccccc1O. The van der Waals surface area contributed by atoms with Gasteiger partial charge in [-0.3, -0.25) is 4.79 Å². The Labute approximate surface area is 122 Å².